The van der Waals surface area contributed by atoms with Crippen molar-refractivity contribution in [3.63, 3.8) is 0 Å². The van der Waals surface area contributed by atoms with Gasteiger partial charge < -0.3 is 10.2 Å². The molecule has 1 amide bonds. The van der Waals surface area contributed by atoms with Crippen LogP contribution in [-0.2, 0) is 22.6 Å². The summed E-state index contributed by atoms with van der Waals surface area (Å²) in [7, 11) is 0. The van der Waals surface area contributed by atoms with Crippen molar-refractivity contribution < 1.29 is 9.63 Å². The van der Waals surface area contributed by atoms with Crippen LogP contribution >= 0.6 is 0 Å². The van der Waals surface area contributed by atoms with Gasteiger partial charge in [-0.3, -0.25) is 9.69 Å². The number of anilines is 1. The van der Waals surface area contributed by atoms with Crippen LogP contribution in [0.5, 0.6) is 0 Å². The number of rotatable bonds is 5. The largest absolute Gasteiger partial charge is 0.387 e. The molecule has 1 unspecified atom stereocenters. The molecule has 1 atom stereocenters. The van der Waals surface area contributed by atoms with E-state index in [1.807, 2.05) is 18.2 Å². The van der Waals surface area contributed by atoms with Gasteiger partial charge in [-0.05, 0) is 23.3 Å². The van der Waals surface area contributed by atoms with Crippen molar-refractivity contribution in [2.24, 2.45) is 5.16 Å². The average molecular weight is 363 g/mol. The second kappa shape index (κ2) is 7.53. The molecule has 2 aromatic rings. The van der Waals surface area contributed by atoms with Crippen LogP contribution in [0.1, 0.15) is 30.9 Å². The number of oxime groups is 1. The predicted molar refractivity (Wildman–Crippen MR) is 107 cm³/mol. The maximum Gasteiger partial charge on any atom is 0.221 e. The number of amides is 1. The molecule has 2 heterocycles. The quantitative estimate of drug-likeness (QED) is 0.883. The van der Waals surface area contributed by atoms with E-state index in [2.05, 4.69) is 51.8 Å². The first-order valence-corrected chi connectivity index (χ1v) is 9.47. The highest BCUT2D eigenvalue weighted by Gasteiger charge is 2.44. The molecule has 5 nitrogen and oxygen atoms in total. The fourth-order valence-electron chi connectivity index (χ4n) is 3.96. The first kappa shape index (κ1) is 17.7. The van der Waals surface area contributed by atoms with Crippen molar-refractivity contribution in [1.82, 2.24) is 4.90 Å². The van der Waals surface area contributed by atoms with Gasteiger partial charge in [0.15, 0.2) is 5.60 Å². The van der Waals surface area contributed by atoms with E-state index in [1.165, 1.54) is 18.1 Å². The minimum atomic E-state index is -0.153. The van der Waals surface area contributed by atoms with Gasteiger partial charge in [-0.25, -0.2) is 0 Å². The maximum atomic E-state index is 11.1. The number of hydrogen-bond donors (Lipinski definition) is 1. The molecule has 1 saturated heterocycles. The van der Waals surface area contributed by atoms with Gasteiger partial charge in [-0.15, -0.1) is 0 Å². The van der Waals surface area contributed by atoms with Crippen LogP contribution in [0.15, 0.2) is 59.8 Å². The summed E-state index contributed by atoms with van der Waals surface area (Å²) in [5.74, 6) is -0.0473. The summed E-state index contributed by atoms with van der Waals surface area (Å²) in [5, 5.41) is 7.20. The monoisotopic (exact) mass is 363 g/mol. The third-order valence-corrected chi connectivity index (χ3v) is 5.22. The van der Waals surface area contributed by atoms with Crippen LogP contribution < -0.4 is 5.32 Å². The Kier molecular flexibility index (Phi) is 4.94. The van der Waals surface area contributed by atoms with Crippen molar-refractivity contribution in [1.29, 1.82) is 0 Å². The highest BCUT2D eigenvalue weighted by atomic mass is 16.7. The molecular formula is C22H25N3O2. The lowest BCUT2D eigenvalue weighted by atomic mass is 9.94. The molecule has 1 fully saturated rings. The molecule has 5 heteroatoms. The summed E-state index contributed by atoms with van der Waals surface area (Å²) < 4.78 is 0. The molecule has 0 aromatic heterocycles. The molecule has 0 radical (unpaired) electrons. The predicted octanol–water partition coefficient (Wildman–Crippen LogP) is 3.61. The zero-order chi connectivity index (χ0) is 18.7. The van der Waals surface area contributed by atoms with Gasteiger partial charge in [0.25, 0.3) is 0 Å². The Labute approximate surface area is 160 Å². The van der Waals surface area contributed by atoms with E-state index in [-0.39, 0.29) is 11.5 Å². The first-order valence-electron chi connectivity index (χ1n) is 9.47. The van der Waals surface area contributed by atoms with Gasteiger partial charge in [0.2, 0.25) is 5.91 Å². The highest BCUT2D eigenvalue weighted by Crippen LogP contribution is 2.35. The summed E-state index contributed by atoms with van der Waals surface area (Å²) in [4.78, 5) is 19.5. The second-order valence-corrected chi connectivity index (χ2v) is 7.61. The van der Waals surface area contributed by atoms with Crippen LogP contribution in [0.4, 0.5) is 5.69 Å². The zero-order valence-corrected chi connectivity index (χ0v) is 15.6. The topological polar surface area (TPSA) is 53.9 Å². The van der Waals surface area contributed by atoms with Gasteiger partial charge in [0.1, 0.15) is 0 Å². The Hall–Kier alpha value is -2.66. The van der Waals surface area contributed by atoms with Crippen LogP contribution in [0.25, 0.3) is 0 Å². The van der Waals surface area contributed by atoms with Crippen LogP contribution in [0.3, 0.4) is 0 Å². The molecular weight excluding hydrogens is 338 g/mol. The number of carbonyl (C=O) groups is 1. The van der Waals surface area contributed by atoms with Crippen LogP contribution in [-0.4, -0.2) is 35.2 Å². The van der Waals surface area contributed by atoms with Gasteiger partial charge in [-0.2, -0.15) is 0 Å². The van der Waals surface area contributed by atoms with E-state index in [4.69, 9.17) is 4.84 Å². The number of nitrogens with one attached hydrogen (secondary N) is 1. The zero-order valence-electron chi connectivity index (χ0n) is 15.6. The minimum Gasteiger partial charge on any atom is -0.387 e. The van der Waals surface area contributed by atoms with Crippen molar-refractivity contribution >= 4 is 17.3 Å². The third kappa shape index (κ3) is 4.37. The molecule has 1 spiro atoms. The third-order valence-electron chi connectivity index (χ3n) is 5.22. The molecule has 27 heavy (non-hydrogen) atoms. The minimum absolute atomic E-state index is 0.0473. The van der Waals surface area contributed by atoms with Gasteiger partial charge >= 0.3 is 0 Å². The Morgan fingerprint density at radius 3 is 2.67 bits per heavy atom. The maximum absolute atomic E-state index is 11.1. The molecule has 2 aliphatic heterocycles. The highest BCUT2D eigenvalue weighted by molar-refractivity contribution is 5.88. The SMILES string of the molecule is CC(=O)Nc1ccc(CN2CCC3(CC(Cc4ccccc4)=NO3)C2)cc1. The van der Waals surface area contributed by atoms with Gasteiger partial charge in [0.05, 0.1) is 5.71 Å². The Bertz CT molecular complexity index is 832. The fraction of sp³-hybridized carbons (Fsp3) is 0.364. The molecule has 1 N–H and O–H groups in total. The van der Waals surface area contributed by atoms with Crippen LogP contribution in [0.2, 0.25) is 0 Å². The molecule has 2 aromatic carbocycles. The summed E-state index contributed by atoms with van der Waals surface area (Å²) in [6, 6.07) is 18.5. The molecule has 0 saturated carbocycles. The molecule has 2 aliphatic rings. The second-order valence-electron chi connectivity index (χ2n) is 7.61. The Balaban J connectivity index is 1.31. The number of hydrogen-bond acceptors (Lipinski definition) is 4. The summed E-state index contributed by atoms with van der Waals surface area (Å²) in [5.41, 5.74) is 4.35. The van der Waals surface area contributed by atoms with E-state index in [1.54, 1.807) is 0 Å². The lowest BCUT2D eigenvalue weighted by Gasteiger charge is -2.22. The number of likely N-dealkylation sites (tertiary alicyclic amines) is 1. The Morgan fingerprint density at radius 1 is 1.15 bits per heavy atom. The number of carbonyl (C=O) groups excluding carboxylic acids is 1. The number of nitrogens with zero attached hydrogens (tertiary/aromatic N) is 2. The van der Waals surface area contributed by atoms with E-state index in [0.717, 1.165) is 50.3 Å². The standard InChI is InChI=1S/C22H25N3O2/c1-17(26)23-20-9-7-19(8-10-20)15-25-12-11-22(16-25)14-21(24-27-22)13-18-5-3-2-4-6-18/h2-10H,11-16H2,1H3,(H,23,26). The molecule has 4 rings (SSSR count). The number of benzene rings is 2. The Morgan fingerprint density at radius 2 is 1.93 bits per heavy atom. The molecule has 0 aliphatic carbocycles. The lowest BCUT2D eigenvalue weighted by molar-refractivity contribution is -0.114. The smallest absolute Gasteiger partial charge is 0.221 e. The van der Waals surface area contributed by atoms with E-state index in [0.29, 0.717) is 0 Å². The van der Waals surface area contributed by atoms with Gasteiger partial charge in [0, 0.05) is 51.5 Å². The van der Waals surface area contributed by atoms with Crippen molar-refractivity contribution in [2.75, 3.05) is 18.4 Å². The van der Waals surface area contributed by atoms with E-state index in [9.17, 15) is 4.79 Å². The van der Waals surface area contributed by atoms with Gasteiger partial charge in [-0.1, -0.05) is 47.6 Å². The van der Waals surface area contributed by atoms with E-state index < -0.39 is 0 Å². The molecule has 0 bridgehead atoms. The lowest BCUT2D eigenvalue weighted by Crippen LogP contribution is -2.33. The average Bonchev–Trinajstić information content (AvgIpc) is 3.23. The van der Waals surface area contributed by atoms with E-state index >= 15 is 0 Å². The van der Waals surface area contributed by atoms with Crippen molar-refractivity contribution in [3.8, 4) is 0 Å². The summed E-state index contributed by atoms with van der Waals surface area (Å²) in [6.45, 7) is 4.33. The van der Waals surface area contributed by atoms with Crippen molar-refractivity contribution in [2.45, 2.75) is 38.3 Å². The summed E-state index contributed by atoms with van der Waals surface area (Å²) >= 11 is 0. The fourth-order valence-corrected chi connectivity index (χ4v) is 3.96. The first-order chi connectivity index (χ1) is 13.1. The summed E-state index contributed by atoms with van der Waals surface area (Å²) in [6.07, 6.45) is 2.80. The van der Waals surface area contributed by atoms with Crippen LogP contribution in [0, 0.1) is 0 Å². The van der Waals surface area contributed by atoms with Crippen molar-refractivity contribution in [3.05, 3.63) is 65.7 Å². The molecule has 140 valence electrons. The normalized spacial score (nSPS) is 21.9.